The number of amides is 1. The first-order chi connectivity index (χ1) is 10.1. The summed E-state index contributed by atoms with van der Waals surface area (Å²) in [5, 5.41) is 3.07. The molecule has 0 spiro atoms. The van der Waals surface area contributed by atoms with Crippen LogP contribution in [0.3, 0.4) is 0 Å². The summed E-state index contributed by atoms with van der Waals surface area (Å²) >= 11 is 3.48. The van der Waals surface area contributed by atoms with Gasteiger partial charge in [0.15, 0.2) is 0 Å². The monoisotopic (exact) mass is 343 g/mol. The van der Waals surface area contributed by atoms with E-state index in [0.29, 0.717) is 12.5 Å². The Morgan fingerprint density at radius 1 is 1.24 bits per heavy atom. The van der Waals surface area contributed by atoms with Gasteiger partial charge in [0.1, 0.15) is 0 Å². The first kappa shape index (κ1) is 14.3. The van der Waals surface area contributed by atoms with Gasteiger partial charge < -0.3 is 5.32 Å². The Labute approximate surface area is 133 Å². The fourth-order valence-corrected chi connectivity index (χ4v) is 3.13. The quantitative estimate of drug-likeness (QED) is 0.886. The second kappa shape index (κ2) is 6.02. The van der Waals surface area contributed by atoms with Gasteiger partial charge in [0.05, 0.1) is 0 Å². The highest BCUT2D eigenvalue weighted by Gasteiger charge is 2.43. The highest BCUT2D eigenvalue weighted by Crippen LogP contribution is 2.47. The molecule has 1 aliphatic rings. The topological polar surface area (TPSA) is 29.1 Å². The molecule has 1 amide bonds. The van der Waals surface area contributed by atoms with Crippen LogP contribution in [0, 0.1) is 12.8 Å². The number of rotatable bonds is 4. The molecule has 1 saturated carbocycles. The van der Waals surface area contributed by atoms with Crippen molar-refractivity contribution in [3.63, 3.8) is 0 Å². The lowest BCUT2D eigenvalue weighted by Crippen LogP contribution is -2.25. The van der Waals surface area contributed by atoms with Crippen molar-refractivity contribution in [2.75, 3.05) is 0 Å². The third-order valence-electron chi connectivity index (χ3n) is 4.12. The van der Waals surface area contributed by atoms with E-state index >= 15 is 0 Å². The first-order valence-electron chi connectivity index (χ1n) is 7.23. The third kappa shape index (κ3) is 3.35. The standard InChI is InChI=1S/C18H18BrNO/c1-12-5-2-3-6-14(12)11-20-18(21)17-10-16(17)13-7-4-8-15(19)9-13/h2-9,16-17H,10-11H2,1H3,(H,20,21). The van der Waals surface area contributed by atoms with Gasteiger partial charge in [-0.1, -0.05) is 52.3 Å². The van der Waals surface area contributed by atoms with Crippen molar-refractivity contribution < 1.29 is 4.79 Å². The summed E-state index contributed by atoms with van der Waals surface area (Å²) in [6, 6.07) is 16.4. The Bertz CT molecular complexity index is 668. The van der Waals surface area contributed by atoms with Crippen LogP contribution >= 0.6 is 15.9 Å². The molecule has 2 aromatic rings. The number of hydrogen-bond donors (Lipinski definition) is 1. The summed E-state index contributed by atoms with van der Waals surface area (Å²) in [6.45, 7) is 2.69. The fraction of sp³-hybridized carbons (Fsp3) is 0.278. The van der Waals surface area contributed by atoms with Crippen LogP contribution in [0.5, 0.6) is 0 Å². The van der Waals surface area contributed by atoms with Crippen LogP contribution < -0.4 is 5.32 Å². The predicted octanol–water partition coefficient (Wildman–Crippen LogP) is 4.18. The molecule has 0 heterocycles. The molecule has 0 saturated heterocycles. The Morgan fingerprint density at radius 2 is 2.05 bits per heavy atom. The molecule has 0 radical (unpaired) electrons. The minimum atomic E-state index is 0.128. The lowest BCUT2D eigenvalue weighted by Gasteiger charge is -2.08. The average Bonchev–Trinajstić information content (AvgIpc) is 3.27. The summed E-state index contributed by atoms with van der Waals surface area (Å²) in [4.78, 5) is 12.2. The minimum absolute atomic E-state index is 0.128. The van der Waals surface area contributed by atoms with Crippen molar-refractivity contribution in [1.82, 2.24) is 5.32 Å². The smallest absolute Gasteiger partial charge is 0.224 e. The van der Waals surface area contributed by atoms with E-state index in [4.69, 9.17) is 0 Å². The molecule has 2 nitrogen and oxygen atoms in total. The zero-order chi connectivity index (χ0) is 14.8. The minimum Gasteiger partial charge on any atom is -0.352 e. The molecule has 0 aliphatic heterocycles. The van der Waals surface area contributed by atoms with Gasteiger partial charge in [0.2, 0.25) is 5.91 Å². The molecule has 1 N–H and O–H groups in total. The Kier molecular flexibility index (Phi) is 4.11. The number of benzene rings is 2. The van der Waals surface area contributed by atoms with Gasteiger partial charge in [-0.3, -0.25) is 4.79 Å². The van der Waals surface area contributed by atoms with Gasteiger partial charge in [0, 0.05) is 16.9 Å². The lowest BCUT2D eigenvalue weighted by atomic mass is 10.1. The SMILES string of the molecule is Cc1ccccc1CNC(=O)C1CC1c1cccc(Br)c1. The van der Waals surface area contributed by atoms with Crippen molar-refractivity contribution in [3.8, 4) is 0 Å². The molecule has 2 unspecified atom stereocenters. The zero-order valence-electron chi connectivity index (χ0n) is 12.0. The maximum absolute atomic E-state index is 12.2. The Hall–Kier alpha value is -1.61. The fourth-order valence-electron chi connectivity index (χ4n) is 2.71. The van der Waals surface area contributed by atoms with E-state index in [1.807, 2.05) is 24.3 Å². The maximum Gasteiger partial charge on any atom is 0.224 e. The van der Waals surface area contributed by atoms with Gasteiger partial charge in [-0.05, 0) is 48.1 Å². The number of carbonyl (C=O) groups is 1. The van der Waals surface area contributed by atoms with Crippen LogP contribution in [0.4, 0.5) is 0 Å². The second-order valence-corrected chi connectivity index (χ2v) is 6.56. The van der Waals surface area contributed by atoms with Gasteiger partial charge in [-0.2, -0.15) is 0 Å². The van der Waals surface area contributed by atoms with E-state index in [2.05, 4.69) is 52.4 Å². The molecule has 0 bridgehead atoms. The summed E-state index contributed by atoms with van der Waals surface area (Å²) in [5.74, 6) is 0.672. The molecular formula is C18H18BrNO. The zero-order valence-corrected chi connectivity index (χ0v) is 13.6. The van der Waals surface area contributed by atoms with E-state index in [-0.39, 0.29) is 11.8 Å². The molecule has 2 atom stereocenters. The van der Waals surface area contributed by atoms with Gasteiger partial charge in [-0.15, -0.1) is 0 Å². The Morgan fingerprint density at radius 3 is 2.81 bits per heavy atom. The number of halogens is 1. The van der Waals surface area contributed by atoms with Crippen LogP contribution in [-0.4, -0.2) is 5.91 Å². The van der Waals surface area contributed by atoms with Crippen molar-refractivity contribution in [1.29, 1.82) is 0 Å². The van der Waals surface area contributed by atoms with Crippen LogP contribution in [0.15, 0.2) is 53.0 Å². The largest absolute Gasteiger partial charge is 0.352 e. The van der Waals surface area contributed by atoms with Crippen LogP contribution in [0.2, 0.25) is 0 Å². The number of hydrogen-bond acceptors (Lipinski definition) is 1. The van der Waals surface area contributed by atoms with Crippen molar-refractivity contribution in [2.24, 2.45) is 5.92 Å². The van der Waals surface area contributed by atoms with Crippen LogP contribution in [-0.2, 0) is 11.3 Å². The summed E-state index contributed by atoms with van der Waals surface area (Å²) in [5.41, 5.74) is 3.66. The van der Waals surface area contributed by atoms with Crippen molar-refractivity contribution in [3.05, 3.63) is 69.7 Å². The normalized spacial score (nSPS) is 20.1. The first-order valence-corrected chi connectivity index (χ1v) is 8.02. The van der Waals surface area contributed by atoms with Gasteiger partial charge in [-0.25, -0.2) is 0 Å². The third-order valence-corrected chi connectivity index (χ3v) is 4.61. The van der Waals surface area contributed by atoms with Gasteiger partial charge in [0.25, 0.3) is 0 Å². The summed E-state index contributed by atoms with van der Waals surface area (Å²) in [7, 11) is 0. The number of aryl methyl sites for hydroxylation is 1. The highest BCUT2D eigenvalue weighted by molar-refractivity contribution is 9.10. The number of nitrogens with one attached hydrogen (secondary N) is 1. The lowest BCUT2D eigenvalue weighted by molar-refractivity contribution is -0.122. The molecule has 1 fully saturated rings. The molecule has 2 aromatic carbocycles. The van der Waals surface area contributed by atoms with E-state index in [1.54, 1.807) is 0 Å². The maximum atomic E-state index is 12.2. The van der Waals surface area contributed by atoms with Gasteiger partial charge >= 0.3 is 0 Å². The van der Waals surface area contributed by atoms with Crippen molar-refractivity contribution in [2.45, 2.75) is 25.8 Å². The van der Waals surface area contributed by atoms with Crippen LogP contribution in [0.25, 0.3) is 0 Å². The molecule has 108 valence electrons. The Balaban J connectivity index is 1.57. The molecule has 21 heavy (non-hydrogen) atoms. The van der Waals surface area contributed by atoms with E-state index in [0.717, 1.165) is 10.9 Å². The van der Waals surface area contributed by atoms with Crippen molar-refractivity contribution >= 4 is 21.8 Å². The highest BCUT2D eigenvalue weighted by atomic mass is 79.9. The van der Waals surface area contributed by atoms with E-state index in [9.17, 15) is 4.79 Å². The average molecular weight is 344 g/mol. The molecule has 3 rings (SSSR count). The second-order valence-electron chi connectivity index (χ2n) is 5.65. The molecule has 3 heteroatoms. The number of carbonyl (C=O) groups excluding carboxylic acids is 1. The predicted molar refractivity (Wildman–Crippen MR) is 88.0 cm³/mol. The summed E-state index contributed by atoms with van der Waals surface area (Å²) in [6.07, 6.45) is 0.954. The molecule has 0 aromatic heterocycles. The van der Waals surface area contributed by atoms with Crippen LogP contribution in [0.1, 0.15) is 29.0 Å². The molecule has 1 aliphatic carbocycles. The van der Waals surface area contributed by atoms with E-state index in [1.165, 1.54) is 16.7 Å². The summed E-state index contributed by atoms with van der Waals surface area (Å²) < 4.78 is 1.07. The molecular weight excluding hydrogens is 326 g/mol. The van der Waals surface area contributed by atoms with E-state index < -0.39 is 0 Å².